The molecule has 0 saturated heterocycles. The molecule has 0 N–H and O–H groups in total. The molecule has 0 spiro atoms. The van der Waals surface area contributed by atoms with Crippen molar-refractivity contribution in [3.63, 3.8) is 0 Å². The zero-order valence-corrected chi connectivity index (χ0v) is 33.2. The van der Waals surface area contributed by atoms with Crippen molar-refractivity contribution in [2.75, 3.05) is 4.90 Å². The van der Waals surface area contributed by atoms with E-state index in [2.05, 4.69) is 242 Å². The van der Waals surface area contributed by atoms with Gasteiger partial charge in [-0.25, -0.2) is 0 Å². The molecule has 0 bridgehead atoms. The lowest BCUT2D eigenvalue weighted by Gasteiger charge is -2.28. The monoisotopic (exact) mass is 754 g/mol. The molecule has 9 aromatic carbocycles. The first kappa shape index (κ1) is 34.8. The highest BCUT2D eigenvalue weighted by Crippen LogP contribution is 2.51. The molecule has 0 amide bonds. The molecule has 1 aromatic heterocycles. The minimum absolute atomic E-state index is 0.105. The summed E-state index contributed by atoms with van der Waals surface area (Å²) in [5, 5.41) is 2.52. The molecule has 1 aliphatic rings. The smallest absolute Gasteiger partial charge is 0.0547 e. The molecule has 59 heavy (non-hydrogen) atoms. The molecule has 0 unspecified atom stereocenters. The largest absolute Gasteiger partial charge is 0.310 e. The molecule has 11 rings (SSSR count). The van der Waals surface area contributed by atoms with Crippen LogP contribution in [0.3, 0.4) is 0 Å². The molecule has 2 heteroatoms. The zero-order valence-electron chi connectivity index (χ0n) is 33.2. The average molecular weight is 755 g/mol. The van der Waals surface area contributed by atoms with E-state index in [9.17, 15) is 0 Å². The Bertz CT molecular complexity index is 3150. The second-order valence-electron chi connectivity index (χ2n) is 16.2. The molecule has 0 saturated carbocycles. The molecule has 280 valence electrons. The maximum absolute atomic E-state index is 2.41. The molecule has 10 aromatic rings. The Morgan fingerprint density at radius 2 is 0.847 bits per heavy atom. The molecular weight excluding hydrogens is 713 g/mol. The number of hydrogen-bond donors (Lipinski definition) is 0. The Morgan fingerprint density at radius 1 is 0.339 bits per heavy atom. The van der Waals surface area contributed by atoms with Crippen LogP contribution in [0.15, 0.2) is 218 Å². The van der Waals surface area contributed by atoms with Gasteiger partial charge in [-0.15, -0.1) is 0 Å². The Labute approximate surface area is 345 Å². The summed E-state index contributed by atoms with van der Waals surface area (Å²) in [6.07, 6.45) is 0. The van der Waals surface area contributed by atoms with Crippen molar-refractivity contribution in [1.29, 1.82) is 0 Å². The van der Waals surface area contributed by atoms with Gasteiger partial charge in [0.2, 0.25) is 0 Å². The van der Waals surface area contributed by atoms with E-state index in [1.807, 2.05) is 0 Å². The van der Waals surface area contributed by atoms with E-state index >= 15 is 0 Å². The van der Waals surface area contributed by atoms with Crippen molar-refractivity contribution in [2.24, 2.45) is 0 Å². The van der Waals surface area contributed by atoms with Crippen LogP contribution >= 0.6 is 0 Å². The number of rotatable bonds is 7. The van der Waals surface area contributed by atoms with Crippen LogP contribution < -0.4 is 4.90 Å². The second kappa shape index (κ2) is 13.9. The van der Waals surface area contributed by atoms with Crippen LogP contribution in [0.2, 0.25) is 0 Å². The predicted octanol–water partition coefficient (Wildman–Crippen LogP) is 15.6. The number of nitrogens with zero attached hydrogens (tertiary/aromatic N) is 2. The predicted molar refractivity (Wildman–Crippen MR) is 249 cm³/mol. The van der Waals surface area contributed by atoms with E-state index in [-0.39, 0.29) is 5.41 Å². The van der Waals surface area contributed by atoms with Crippen molar-refractivity contribution < 1.29 is 0 Å². The maximum atomic E-state index is 2.41. The van der Waals surface area contributed by atoms with Gasteiger partial charge < -0.3 is 9.47 Å². The first-order chi connectivity index (χ1) is 29.0. The molecular formula is C57H42N2. The Kier molecular flexibility index (Phi) is 8.20. The number of aromatic nitrogens is 1. The summed E-state index contributed by atoms with van der Waals surface area (Å²) in [6.45, 7) is 4.71. The highest BCUT2D eigenvalue weighted by molar-refractivity contribution is 6.10. The molecule has 2 nitrogen and oxygen atoms in total. The summed E-state index contributed by atoms with van der Waals surface area (Å²) in [5.74, 6) is 0. The summed E-state index contributed by atoms with van der Waals surface area (Å²) >= 11 is 0. The van der Waals surface area contributed by atoms with Crippen LogP contribution in [0.25, 0.3) is 72.0 Å². The summed E-state index contributed by atoms with van der Waals surface area (Å²) in [4.78, 5) is 2.41. The van der Waals surface area contributed by atoms with Crippen LogP contribution in [0, 0.1) is 0 Å². The highest BCUT2D eigenvalue weighted by atomic mass is 15.1. The quantitative estimate of drug-likeness (QED) is 0.157. The van der Waals surface area contributed by atoms with Gasteiger partial charge in [0.05, 0.1) is 11.0 Å². The van der Waals surface area contributed by atoms with E-state index in [1.54, 1.807) is 0 Å². The van der Waals surface area contributed by atoms with Gasteiger partial charge in [0.25, 0.3) is 0 Å². The van der Waals surface area contributed by atoms with Crippen LogP contribution in [-0.4, -0.2) is 4.57 Å². The van der Waals surface area contributed by atoms with Gasteiger partial charge >= 0.3 is 0 Å². The van der Waals surface area contributed by atoms with Gasteiger partial charge in [-0.2, -0.15) is 0 Å². The third-order valence-electron chi connectivity index (χ3n) is 12.4. The van der Waals surface area contributed by atoms with E-state index in [0.29, 0.717) is 0 Å². The van der Waals surface area contributed by atoms with Crippen molar-refractivity contribution in [3.05, 3.63) is 230 Å². The summed E-state index contributed by atoms with van der Waals surface area (Å²) in [5.41, 5.74) is 19.4. The summed E-state index contributed by atoms with van der Waals surface area (Å²) in [6, 6.07) is 79.8. The van der Waals surface area contributed by atoms with Gasteiger partial charge in [0.15, 0.2) is 0 Å². The molecule has 0 radical (unpaired) electrons. The van der Waals surface area contributed by atoms with Gasteiger partial charge in [0, 0.05) is 38.9 Å². The Morgan fingerprint density at radius 3 is 1.56 bits per heavy atom. The lowest BCUT2D eigenvalue weighted by molar-refractivity contribution is 0.660. The molecule has 0 atom stereocenters. The van der Waals surface area contributed by atoms with E-state index in [0.717, 1.165) is 22.7 Å². The molecule has 1 heterocycles. The van der Waals surface area contributed by atoms with Crippen molar-refractivity contribution in [2.45, 2.75) is 19.3 Å². The van der Waals surface area contributed by atoms with Crippen LogP contribution in [0.1, 0.15) is 25.0 Å². The van der Waals surface area contributed by atoms with Gasteiger partial charge in [0.1, 0.15) is 0 Å². The van der Waals surface area contributed by atoms with Crippen molar-refractivity contribution >= 4 is 38.9 Å². The fourth-order valence-electron chi connectivity index (χ4n) is 9.40. The Hall–Kier alpha value is -7.42. The Balaban J connectivity index is 1.00. The van der Waals surface area contributed by atoms with Crippen molar-refractivity contribution in [1.82, 2.24) is 4.57 Å². The van der Waals surface area contributed by atoms with Crippen LogP contribution in [-0.2, 0) is 5.41 Å². The number of para-hydroxylation sites is 2. The fourth-order valence-corrected chi connectivity index (χ4v) is 9.40. The minimum atomic E-state index is -0.105. The molecule has 1 aliphatic carbocycles. The lowest BCUT2D eigenvalue weighted by atomic mass is 9.82. The zero-order chi connectivity index (χ0) is 39.5. The number of anilines is 3. The maximum Gasteiger partial charge on any atom is 0.0547 e. The van der Waals surface area contributed by atoms with Gasteiger partial charge in [-0.05, 0) is 122 Å². The van der Waals surface area contributed by atoms with Crippen molar-refractivity contribution in [3.8, 4) is 50.2 Å². The third kappa shape index (κ3) is 5.87. The first-order valence-electron chi connectivity index (χ1n) is 20.5. The fraction of sp³-hybridized carbons (Fsp3) is 0.0526. The van der Waals surface area contributed by atoms with E-state index in [4.69, 9.17) is 0 Å². The first-order valence-corrected chi connectivity index (χ1v) is 20.5. The van der Waals surface area contributed by atoms with E-state index < -0.39 is 0 Å². The number of benzene rings is 9. The average Bonchev–Trinajstić information content (AvgIpc) is 3.75. The normalized spacial score (nSPS) is 12.7. The van der Waals surface area contributed by atoms with E-state index in [1.165, 1.54) is 77.4 Å². The minimum Gasteiger partial charge on any atom is -0.310 e. The third-order valence-corrected chi connectivity index (χ3v) is 12.4. The van der Waals surface area contributed by atoms with Crippen LogP contribution in [0.4, 0.5) is 17.1 Å². The topological polar surface area (TPSA) is 8.17 Å². The standard InChI is InChI=1S/C57H42N2/c1-57(2)53-22-11-9-20-49(53)50-35-33-48(38-54(50)57)58(46-29-24-40(25-30-46)43-17-13-16-42(36-43)39-14-5-3-6-15-39)47-31-26-41(27-32-47)44-28-34-52-51-21-10-12-23-55(51)59(56(52)37-44)45-18-7-4-8-19-45/h3-38H,1-2H3. The van der Waals surface area contributed by atoms with Gasteiger partial charge in [-0.3, -0.25) is 0 Å². The summed E-state index contributed by atoms with van der Waals surface area (Å²) < 4.78 is 2.39. The number of fused-ring (bicyclic) bond motifs is 6. The lowest BCUT2D eigenvalue weighted by Crippen LogP contribution is -2.16. The SMILES string of the molecule is CC1(C)c2ccccc2-c2ccc(N(c3ccc(-c4cccc(-c5ccccc5)c4)cc3)c3ccc(-c4ccc5c6ccccc6n(-c6ccccc6)c5c4)cc3)cc21. The number of hydrogen-bond acceptors (Lipinski definition) is 1. The highest BCUT2D eigenvalue weighted by Gasteiger charge is 2.35. The molecule has 0 aliphatic heterocycles. The summed E-state index contributed by atoms with van der Waals surface area (Å²) in [7, 11) is 0. The molecule has 0 fully saturated rings. The van der Waals surface area contributed by atoms with Gasteiger partial charge in [-0.1, -0.05) is 166 Å². The second-order valence-corrected chi connectivity index (χ2v) is 16.2. The van der Waals surface area contributed by atoms with Crippen LogP contribution in [0.5, 0.6) is 0 Å².